The van der Waals surface area contributed by atoms with Gasteiger partial charge >= 0.3 is 0 Å². The Morgan fingerprint density at radius 1 is 1.32 bits per heavy atom. The number of pyridine rings is 1. The van der Waals surface area contributed by atoms with Crippen LogP contribution < -0.4 is 5.32 Å². The Labute approximate surface area is 107 Å². The van der Waals surface area contributed by atoms with Crippen molar-refractivity contribution in [1.82, 2.24) is 4.98 Å². The van der Waals surface area contributed by atoms with E-state index in [0.717, 1.165) is 12.6 Å². The van der Waals surface area contributed by atoms with Gasteiger partial charge < -0.3 is 5.32 Å². The van der Waals surface area contributed by atoms with Gasteiger partial charge in [0.15, 0.2) is 11.6 Å². The largest absolute Gasteiger partial charge is 0.383 e. The lowest BCUT2D eigenvalue weighted by Gasteiger charge is -2.11. The van der Waals surface area contributed by atoms with Crippen LogP contribution in [-0.4, -0.2) is 11.5 Å². The van der Waals surface area contributed by atoms with Crippen molar-refractivity contribution in [2.45, 2.75) is 13.3 Å². The molecule has 6 heteroatoms. The predicted molar refractivity (Wildman–Crippen MR) is 65.1 cm³/mol. The van der Waals surface area contributed by atoms with Crippen LogP contribution >= 0.6 is 0 Å². The lowest BCUT2D eigenvalue weighted by molar-refractivity contribution is 0.504. The fourth-order valence-corrected chi connectivity index (χ4v) is 1.79. The van der Waals surface area contributed by atoms with Gasteiger partial charge in [0.2, 0.25) is 0 Å². The second-order valence-corrected chi connectivity index (χ2v) is 3.96. The molecule has 0 aliphatic carbocycles. The van der Waals surface area contributed by atoms with Crippen LogP contribution in [0.4, 0.5) is 18.9 Å². The summed E-state index contributed by atoms with van der Waals surface area (Å²) >= 11 is 0. The highest BCUT2D eigenvalue weighted by atomic mass is 19.2. The number of nitriles is 1. The molecule has 0 aliphatic rings. The highest BCUT2D eigenvalue weighted by Gasteiger charge is 2.19. The first kappa shape index (κ1) is 13.1. The lowest BCUT2D eigenvalue weighted by Crippen LogP contribution is -2.05. The second-order valence-electron chi connectivity index (χ2n) is 3.96. The SMILES string of the molecule is CCCNc1c(C#N)cnc2c(F)c(F)cc(F)c12. The van der Waals surface area contributed by atoms with Crippen molar-refractivity contribution in [3.05, 3.63) is 35.3 Å². The van der Waals surface area contributed by atoms with Crippen LogP contribution in [0.25, 0.3) is 10.9 Å². The molecule has 0 amide bonds. The molecule has 0 bridgehead atoms. The maximum absolute atomic E-state index is 13.8. The molecule has 0 radical (unpaired) electrons. The van der Waals surface area contributed by atoms with Crippen LogP contribution in [0.15, 0.2) is 12.3 Å². The summed E-state index contributed by atoms with van der Waals surface area (Å²) in [5, 5.41) is 11.6. The monoisotopic (exact) mass is 265 g/mol. The van der Waals surface area contributed by atoms with E-state index >= 15 is 0 Å². The quantitative estimate of drug-likeness (QED) is 0.866. The summed E-state index contributed by atoms with van der Waals surface area (Å²) in [6.45, 7) is 2.37. The van der Waals surface area contributed by atoms with Crippen molar-refractivity contribution in [3.63, 3.8) is 0 Å². The zero-order valence-electron chi connectivity index (χ0n) is 10.1. The first-order valence-corrected chi connectivity index (χ1v) is 5.70. The first-order chi connectivity index (χ1) is 9.10. The molecule has 0 fully saturated rings. The number of aromatic nitrogens is 1. The molecule has 19 heavy (non-hydrogen) atoms. The summed E-state index contributed by atoms with van der Waals surface area (Å²) in [7, 11) is 0. The molecule has 0 saturated heterocycles. The van der Waals surface area contributed by atoms with Gasteiger partial charge in [-0.25, -0.2) is 13.2 Å². The Balaban J connectivity index is 2.81. The topological polar surface area (TPSA) is 48.7 Å². The maximum atomic E-state index is 13.8. The van der Waals surface area contributed by atoms with Gasteiger partial charge in [-0.1, -0.05) is 6.92 Å². The van der Waals surface area contributed by atoms with E-state index in [1.165, 1.54) is 0 Å². The number of halogens is 3. The molecule has 0 unspecified atom stereocenters. The third-order valence-corrected chi connectivity index (χ3v) is 2.66. The number of nitrogens with one attached hydrogen (secondary N) is 1. The molecule has 2 aromatic rings. The average Bonchev–Trinajstić information content (AvgIpc) is 2.41. The summed E-state index contributed by atoms with van der Waals surface area (Å²) in [6.07, 6.45) is 1.84. The van der Waals surface area contributed by atoms with Crippen LogP contribution in [0, 0.1) is 28.8 Å². The normalized spacial score (nSPS) is 10.5. The van der Waals surface area contributed by atoms with Crippen molar-refractivity contribution in [3.8, 4) is 6.07 Å². The van der Waals surface area contributed by atoms with E-state index < -0.39 is 23.0 Å². The maximum Gasteiger partial charge on any atom is 0.185 e. The Morgan fingerprint density at radius 2 is 2.05 bits per heavy atom. The highest BCUT2D eigenvalue weighted by molar-refractivity contribution is 5.94. The van der Waals surface area contributed by atoms with E-state index in [4.69, 9.17) is 5.26 Å². The fraction of sp³-hybridized carbons (Fsp3) is 0.231. The molecule has 0 aliphatic heterocycles. The van der Waals surface area contributed by atoms with Gasteiger partial charge in [0.25, 0.3) is 0 Å². The fourth-order valence-electron chi connectivity index (χ4n) is 1.79. The minimum Gasteiger partial charge on any atom is -0.383 e. The number of fused-ring (bicyclic) bond motifs is 1. The van der Waals surface area contributed by atoms with E-state index in [1.807, 2.05) is 13.0 Å². The van der Waals surface area contributed by atoms with Gasteiger partial charge in [-0.15, -0.1) is 0 Å². The van der Waals surface area contributed by atoms with Crippen molar-refractivity contribution in [2.24, 2.45) is 0 Å². The smallest absolute Gasteiger partial charge is 0.185 e. The molecule has 3 nitrogen and oxygen atoms in total. The lowest BCUT2D eigenvalue weighted by atomic mass is 10.1. The number of rotatable bonds is 3. The van der Waals surface area contributed by atoms with Gasteiger partial charge in [-0.05, 0) is 6.42 Å². The molecule has 1 N–H and O–H groups in total. The molecule has 2 rings (SSSR count). The Morgan fingerprint density at radius 3 is 2.68 bits per heavy atom. The second kappa shape index (κ2) is 5.14. The Bertz CT molecular complexity index is 677. The molecular weight excluding hydrogens is 255 g/mol. The minimum atomic E-state index is -1.30. The van der Waals surface area contributed by atoms with Gasteiger partial charge in [-0.3, -0.25) is 4.98 Å². The van der Waals surface area contributed by atoms with Crippen LogP contribution in [0.5, 0.6) is 0 Å². The van der Waals surface area contributed by atoms with Gasteiger partial charge in [0.05, 0.1) is 16.6 Å². The highest BCUT2D eigenvalue weighted by Crippen LogP contribution is 2.30. The third kappa shape index (κ3) is 2.19. The molecule has 1 aromatic heterocycles. The summed E-state index contributed by atoms with van der Waals surface area (Å²) in [6, 6.07) is 2.31. The molecule has 0 spiro atoms. The number of hydrogen-bond acceptors (Lipinski definition) is 3. The molecule has 0 atom stereocenters. The van der Waals surface area contributed by atoms with Gasteiger partial charge in [0, 0.05) is 18.8 Å². The molecule has 1 aromatic carbocycles. The molecule has 98 valence electrons. The minimum absolute atomic E-state index is 0.0888. The molecular formula is C13H10F3N3. The van der Waals surface area contributed by atoms with Crippen molar-refractivity contribution >= 4 is 16.6 Å². The predicted octanol–water partition coefficient (Wildman–Crippen LogP) is 3.35. The van der Waals surface area contributed by atoms with E-state index in [2.05, 4.69) is 10.3 Å². The Kier molecular flexibility index (Phi) is 3.56. The number of nitrogens with zero attached hydrogens (tertiary/aromatic N) is 2. The van der Waals surface area contributed by atoms with E-state index in [9.17, 15) is 13.2 Å². The summed E-state index contributed by atoms with van der Waals surface area (Å²) in [4.78, 5) is 3.62. The first-order valence-electron chi connectivity index (χ1n) is 5.70. The Hall–Kier alpha value is -2.29. The number of anilines is 1. The van der Waals surface area contributed by atoms with Crippen LogP contribution in [0.3, 0.4) is 0 Å². The van der Waals surface area contributed by atoms with Crippen LogP contribution in [0.2, 0.25) is 0 Å². The summed E-state index contributed by atoms with van der Waals surface area (Å²) in [5.41, 5.74) is -0.188. The van der Waals surface area contributed by atoms with E-state index in [1.54, 1.807) is 0 Å². The van der Waals surface area contributed by atoms with Crippen LogP contribution in [0.1, 0.15) is 18.9 Å². The van der Waals surface area contributed by atoms with E-state index in [-0.39, 0.29) is 16.6 Å². The molecule has 0 saturated carbocycles. The zero-order valence-corrected chi connectivity index (χ0v) is 10.1. The van der Waals surface area contributed by atoms with Gasteiger partial charge in [0.1, 0.15) is 17.4 Å². The summed E-state index contributed by atoms with van der Waals surface area (Å²) < 4.78 is 40.6. The average molecular weight is 265 g/mol. The van der Waals surface area contributed by atoms with Crippen molar-refractivity contribution < 1.29 is 13.2 Å². The standard InChI is InChI=1S/C13H10F3N3/c1-2-3-18-12-7(5-17)6-19-13-10(12)8(14)4-9(15)11(13)16/h4,6H,2-3H2,1H3,(H,18,19). The summed E-state index contributed by atoms with van der Waals surface area (Å²) in [5.74, 6) is -3.47. The van der Waals surface area contributed by atoms with Crippen LogP contribution in [-0.2, 0) is 0 Å². The number of hydrogen-bond donors (Lipinski definition) is 1. The van der Waals surface area contributed by atoms with Gasteiger partial charge in [-0.2, -0.15) is 5.26 Å². The van der Waals surface area contributed by atoms with Crippen molar-refractivity contribution in [2.75, 3.05) is 11.9 Å². The third-order valence-electron chi connectivity index (χ3n) is 2.66. The van der Waals surface area contributed by atoms with E-state index in [0.29, 0.717) is 12.6 Å². The molecule has 1 heterocycles. The number of benzene rings is 1. The van der Waals surface area contributed by atoms with Crippen molar-refractivity contribution in [1.29, 1.82) is 5.26 Å². The zero-order chi connectivity index (χ0) is 14.0.